The van der Waals surface area contributed by atoms with Gasteiger partial charge in [-0.1, -0.05) is 24.3 Å². The average molecular weight is 345 g/mol. The summed E-state index contributed by atoms with van der Waals surface area (Å²) < 4.78 is 45.6. The molecule has 0 aliphatic rings. The summed E-state index contributed by atoms with van der Waals surface area (Å²) in [6, 6.07) is 12.9. The Balaban J connectivity index is 2.18. The molecule has 0 aliphatic carbocycles. The van der Waals surface area contributed by atoms with Crippen molar-refractivity contribution >= 4 is 38.0 Å². The number of hydrogen-bond acceptors (Lipinski definition) is 5. The first-order valence-corrected chi connectivity index (χ1v) is 8.26. The minimum absolute atomic E-state index is 0.0886. The van der Waals surface area contributed by atoms with Gasteiger partial charge in [-0.05, 0) is 30.3 Å². The number of halogens is 1. The summed E-state index contributed by atoms with van der Waals surface area (Å²) in [5, 5.41) is 8.56. The minimum atomic E-state index is -4.46. The Bertz CT molecular complexity index is 1050. The zero-order valence-electron chi connectivity index (χ0n) is 12.2. The Morgan fingerprint density at radius 2 is 1.58 bits per heavy atom. The monoisotopic (exact) mass is 345 g/mol. The first kappa shape index (κ1) is 16.0. The van der Waals surface area contributed by atoms with E-state index in [2.05, 4.69) is 10.2 Å². The van der Waals surface area contributed by atoms with E-state index in [9.17, 15) is 17.4 Å². The van der Waals surface area contributed by atoms with Crippen molar-refractivity contribution in [3.05, 3.63) is 60.4 Å². The van der Waals surface area contributed by atoms with E-state index in [0.717, 1.165) is 6.07 Å². The zero-order valence-corrected chi connectivity index (χ0v) is 13.0. The van der Waals surface area contributed by atoms with Gasteiger partial charge in [-0.15, -0.1) is 5.11 Å². The molecule has 0 amide bonds. The normalized spacial score (nSPS) is 12.1. The van der Waals surface area contributed by atoms with Gasteiger partial charge in [0, 0.05) is 10.8 Å². The van der Waals surface area contributed by atoms with Gasteiger partial charge in [0.2, 0.25) is 0 Å². The first-order valence-electron chi connectivity index (χ1n) is 6.82. The Labute approximate surface area is 137 Å². The molecule has 0 bridgehead atoms. The van der Waals surface area contributed by atoms with E-state index < -0.39 is 15.9 Å². The van der Waals surface area contributed by atoms with Gasteiger partial charge in [0.25, 0.3) is 10.1 Å². The molecule has 3 aromatic rings. The highest BCUT2D eigenvalue weighted by atomic mass is 32.2. The fourth-order valence-electron chi connectivity index (χ4n) is 2.27. The second-order valence-corrected chi connectivity index (χ2v) is 6.39. The van der Waals surface area contributed by atoms with E-state index in [4.69, 9.17) is 5.73 Å². The number of rotatable bonds is 3. The van der Waals surface area contributed by atoms with Gasteiger partial charge < -0.3 is 5.73 Å². The molecule has 6 nitrogen and oxygen atoms in total. The van der Waals surface area contributed by atoms with Crippen LogP contribution in [-0.4, -0.2) is 13.0 Å². The number of nitrogens with zero attached hydrogens (tertiary/aromatic N) is 2. The molecule has 3 rings (SSSR count). The van der Waals surface area contributed by atoms with Crippen LogP contribution in [-0.2, 0) is 10.1 Å². The van der Waals surface area contributed by atoms with Gasteiger partial charge in [0.15, 0.2) is 0 Å². The number of benzene rings is 3. The topological polar surface area (TPSA) is 105 Å². The Hall–Kier alpha value is -2.84. The Kier molecular flexibility index (Phi) is 4.00. The summed E-state index contributed by atoms with van der Waals surface area (Å²) in [7, 11) is -4.46. The van der Waals surface area contributed by atoms with Crippen LogP contribution in [0.15, 0.2) is 69.7 Å². The number of hydrogen-bond donors (Lipinski definition) is 2. The average Bonchev–Trinajstić information content (AvgIpc) is 2.55. The fraction of sp³-hybridized carbons (Fsp3) is 0. The van der Waals surface area contributed by atoms with Gasteiger partial charge >= 0.3 is 0 Å². The lowest BCUT2D eigenvalue weighted by atomic mass is 10.1. The summed E-state index contributed by atoms with van der Waals surface area (Å²) in [5.74, 6) is -0.409. The van der Waals surface area contributed by atoms with E-state index in [-0.39, 0.29) is 16.3 Å². The van der Waals surface area contributed by atoms with Crippen LogP contribution in [0.1, 0.15) is 0 Å². The molecule has 24 heavy (non-hydrogen) atoms. The lowest BCUT2D eigenvalue weighted by molar-refractivity contribution is 0.484. The molecule has 0 spiro atoms. The van der Waals surface area contributed by atoms with Crippen LogP contribution < -0.4 is 5.73 Å². The maximum absolute atomic E-state index is 12.9. The summed E-state index contributed by atoms with van der Waals surface area (Å²) in [6.07, 6.45) is 0. The second kappa shape index (κ2) is 5.99. The van der Waals surface area contributed by atoms with E-state index in [1.165, 1.54) is 30.3 Å². The van der Waals surface area contributed by atoms with E-state index in [1.54, 1.807) is 18.2 Å². The van der Waals surface area contributed by atoms with Crippen LogP contribution in [0.4, 0.5) is 21.5 Å². The first-order chi connectivity index (χ1) is 11.4. The second-order valence-electron chi connectivity index (χ2n) is 5.00. The number of fused-ring (bicyclic) bond motifs is 1. The number of azo groups is 1. The predicted octanol–water partition coefficient (Wildman–Crippen LogP) is 4.22. The SMILES string of the molecule is Nc1c(/N=N/c2ccc(F)cc2)cc(S(=O)(=O)O)c2ccccc12. The summed E-state index contributed by atoms with van der Waals surface area (Å²) in [6.45, 7) is 0. The number of nitrogens with two attached hydrogens (primary N) is 1. The van der Waals surface area contributed by atoms with E-state index in [1.807, 2.05) is 0 Å². The molecule has 0 atom stereocenters. The third-order valence-corrected chi connectivity index (χ3v) is 4.30. The quantitative estimate of drug-likeness (QED) is 0.421. The molecule has 122 valence electrons. The molecule has 3 N–H and O–H groups in total. The van der Waals surface area contributed by atoms with Gasteiger partial charge in [-0.25, -0.2) is 4.39 Å². The fourth-order valence-corrected chi connectivity index (χ4v) is 2.98. The van der Waals surface area contributed by atoms with Crippen molar-refractivity contribution in [1.82, 2.24) is 0 Å². The van der Waals surface area contributed by atoms with Crippen molar-refractivity contribution in [3.63, 3.8) is 0 Å². The van der Waals surface area contributed by atoms with Crippen LogP contribution in [0.3, 0.4) is 0 Å². The lowest BCUT2D eigenvalue weighted by Gasteiger charge is -2.09. The molecular formula is C16H12FN3O3S. The maximum Gasteiger partial charge on any atom is 0.295 e. The standard InChI is InChI=1S/C16H12FN3O3S/c17-10-5-7-11(8-6-10)19-20-14-9-15(24(21,22)23)12-3-1-2-4-13(12)16(14)18/h1-9H,18H2,(H,21,22,23)/b20-19+. The molecule has 0 saturated carbocycles. The third kappa shape index (κ3) is 3.10. The number of nitrogen functional groups attached to an aromatic ring is 1. The van der Waals surface area contributed by atoms with Crippen LogP contribution in [0.5, 0.6) is 0 Å². The van der Waals surface area contributed by atoms with E-state index >= 15 is 0 Å². The number of anilines is 1. The molecule has 0 heterocycles. The largest absolute Gasteiger partial charge is 0.396 e. The maximum atomic E-state index is 12.9. The highest BCUT2D eigenvalue weighted by Crippen LogP contribution is 2.36. The molecule has 0 unspecified atom stereocenters. The summed E-state index contributed by atoms with van der Waals surface area (Å²) >= 11 is 0. The summed E-state index contributed by atoms with van der Waals surface area (Å²) in [4.78, 5) is -0.305. The molecule has 0 fully saturated rings. The third-order valence-electron chi connectivity index (χ3n) is 3.40. The van der Waals surface area contributed by atoms with Crippen LogP contribution in [0, 0.1) is 5.82 Å². The van der Waals surface area contributed by atoms with Crippen LogP contribution in [0.25, 0.3) is 10.8 Å². The van der Waals surface area contributed by atoms with Gasteiger partial charge in [0.05, 0.1) is 11.4 Å². The molecule has 8 heteroatoms. The van der Waals surface area contributed by atoms with Crippen molar-refractivity contribution in [2.24, 2.45) is 10.2 Å². The van der Waals surface area contributed by atoms with Crippen LogP contribution in [0.2, 0.25) is 0 Å². The highest BCUT2D eigenvalue weighted by molar-refractivity contribution is 7.86. The molecule has 0 aliphatic heterocycles. The highest BCUT2D eigenvalue weighted by Gasteiger charge is 2.18. The smallest absolute Gasteiger partial charge is 0.295 e. The summed E-state index contributed by atoms with van der Waals surface area (Å²) in [5.41, 5.74) is 6.72. The molecule has 0 radical (unpaired) electrons. The predicted molar refractivity (Wildman–Crippen MR) is 88.8 cm³/mol. The molecule has 3 aromatic carbocycles. The molecular weight excluding hydrogens is 333 g/mol. The van der Waals surface area contributed by atoms with Crippen LogP contribution >= 0.6 is 0 Å². The van der Waals surface area contributed by atoms with Gasteiger partial charge in [-0.3, -0.25) is 4.55 Å². The molecule has 0 aromatic heterocycles. The van der Waals surface area contributed by atoms with Gasteiger partial charge in [-0.2, -0.15) is 13.5 Å². The Morgan fingerprint density at radius 1 is 0.958 bits per heavy atom. The van der Waals surface area contributed by atoms with Gasteiger partial charge in [0.1, 0.15) is 16.4 Å². The lowest BCUT2D eigenvalue weighted by Crippen LogP contribution is -2.01. The van der Waals surface area contributed by atoms with E-state index in [0.29, 0.717) is 16.5 Å². The zero-order chi connectivity index (χ0) is 17.3. The molecule has 0 saturated heterocycles. The Morgan fingerprint density at radius 3 is 2.21 bits per heavy atom. The van der Waals surface area contributed by atoms with Crippen molar-refractivity contribution in [2.75, 3.05) is 5.73 Å². The minimum Gasteiger partial charge on any atom is -0.396 e. The van der Waals surface area contributed by atoms with Crippen molar-refractivity contribution in [3.8, 4) is 0 Å². The van der Waals surface area contributed by atoms with Crippen molar-refractivity contribution in [1.29, 1.82) is 0 Å². The van der Waals surface area contributed by atoms with Crippen molar-refractivity contribution < 1.29 is 17.4 Å². The van der Waals surface area contributed by atoms with Crippen molar-refractivity contribution in [2.45, 2.75) is 4.90 Å².